The second-order valence-electron chi connectivity index (χ2n) is 6.31. The molecule has 0 saturated heterocycles. The number of methoxy groups -OCH3 is 2. The molecule has 1 heterocycles. The summed E-state index contributed by atoms with van der Waals surface area (Å²) in [6, 6.07) is 16.0. The predicted molar refractivity (Wildman–Crippen MR) is 128 cm³/mol. The first-order valence-electron chi connectivity index (χ1n) is 9.44. The van der Waals surface area contributed by atoms with Gasteiger partial charge in [-0.05, 0) is 36.8 Å². The van der Waals surface area contributed by atoms with Crippen molar-refractivity contribution in [2.45, 2.75) is 19.9 Å². The number of hydrogen-bond donors (Lipinski definition) is 2. The molecule has 0 aliphatic rings. The summed E-state index contributed by atoms with van der Waals surface area (Å²) in [6.45, 7) is 4.12. The SMILES string of the molecule is CCNC(=NCc1ccc(OC)c(OC)c1)NCCc1cc2ccccc2o1.I. The van der Waals surface area contributed by atoms with E-state index < -0.39 is 0 Å². The summed E-state index contributed by atoms with van der Waals surface area (Å²) in [7, 11) is 3.26. The Morgan fingerprint density at radius 2 is 1.79 bits per heavy atom. The summed E-state index contributed by atoms with van der Waals surface area (Å²) in [5.74, 6) is 3.15. The molecule has 29 heavy (non-hydrogen) atoms. The van der Waals surface area contributed by atoms with Crippen molar-refractivity contribution in [1.82, 2.24) is 10.6 Å². The molecular formula is C22H28IN3O3. The van der Waals surface area contributed by atoms with Crippen LogP contribution in [0.25, 0.3) is 11.0 Å². The van der Waals surface area contributed by atoms with Gasteiger partial charge < -0.3 is 24.5 Å². The van der Waals surface area contributed by atoms with Gasteiger partial charge in [-0.3, -0.25) is 0 Å². The fraction of sp³-hybridized carbons (Fsp3) is 0.318. The van der Waals surface area contributed by atoms with Crippen LogP contribution in [0.15, 0.2) is 57.9 Å². The highest BCUT2D eigenvalue weighted by Crippen LogP contribution is 2.27. The summed E-state index contributed by atoms with van der Waals surface area (Å²) >= 11 is 0. The van der Waals surface area contributed by atoms with Gasteiger partial charge in [-0.2, -0.15) is 0 Å². The lowest BCUT2D eigenvalue weighted by atomic mass is 10.2. The Hall–Kier alpha value is -2.42. The quantitative estimate of drug-likeness (QED) is 0.268. The normalized spacial score (nSPS) is 11.1. The molecule has 2 N–H and O–H groups in total. The van der Waals surface area contributed by atoms with Crippen molar-refractivity contribution < 1.29 is 13.9 Å². The van der Waals surface area contributed by atoms with E-state index in [-0.39, 0.29) is 24.0 Å². The Bertz CT molecular complexity index is 907. The van der Waals surface area contributed by atoms with E-state index in [4.69, 9.17) is 13.9 Å². The van der Waals surface area contributed by atoms with Crippen molar-refractivity contribution in [3.05, 3.63) is 59.9 Å². The molecule has 0 unspecified atom stereocenters. The highest BCUT2D eigenvalue weighted by Gasteiger charge is 2.06. The van der Waals surface area contributed by atoms with Crippen molar-refractivity contribution in [3.63, 3.8) is 0 Å². The van der Waals surface area contributed by atoms with Gasteiger partial charge in [0.2, 0.25) is 0 Å². The third-order valence-electron chi connectivity index (χ3n) is 4.35. The lowest BCUT2D eigenvalue weighted by Gasteiger charge is -2.11. The number of nitrogens with zero attached hydrogens (tertiary/aromatic N) is 1. The minimum absolute atomic E-state index is 0. The first-order valence-corrected chi connectivity index (χ1v) is 9.44. The number of hydrogen-bond acceptors (Lipinski definition) is 4. The molecule has 0 amide bonds. The van der Waals surface area contributed by atoms with Gasteiger partial charge in [0, 0.05) is 24.9 Å². The van der Waals surface area contributed by atoms with Gasteiger partial charge in [-0.15, -0.1) is 24.0 Å². The molecule has 0 spiro atoms. The molecule has 0 bridgehead atoms. The Kier molecular flexibility index (Phi) is 9.11. The number of fused-ring (bicyclic) bond motifs is 1. The maximum atomic E-state index is 5.86. The van der Waals surface area contributed by atoms with Crippen LogP contribution in [0, 0.1) is 0 Å². The molecule has 6 nitrogen and oxygen atoms in total. The molecular weight excluding hydrogens is 481 g/mol. The van der Waals surface area contributed by atoms with Gasteiger partial charge in [0.05, 0.1) is 20.8 Å². The number of furan rings is 1. The predicted octanol–water partition coefficient (Wildman–Crippen LogP) is 4.37. The number of rotatable bonds is 8. The molecule has 1 aromatic heterocycles. The highest BCUT2D eigenvalue weighted by atomic mass is 127. The highest BCUT2D eigenvalue weighted by molar-refractivity contribution is 14.0. The van der Waals surface area contributed by atoms with Gasteiger partial charge in [0.25, 0.3) is 0 Å². The van der Waals surface area contributed by atoms with Crippen molar-refractivity contribution in [2.75, 3.05) is 27.3 Å². The summed E-state index contributed by atoms with van der Waals surface area (Å²) in [6.07, 6.45) is 0.787. The van der Waals surface area contributed by atoms with E-state index >= 15 is 0 Å². The van der Waals surface area contributed by atoms with Crippen LogP contribution in [0.5, 0.6) is 11.5 Å². The number of nitrogens with one attached hydrogen (secondary N) is 2. The summed E-state index contributed by atoms with van der Waals surface area (Å²) in [5, 5.41) is 7.76. The number of halogens is 1. The fourth-order valence-corrected chi connectivity index (χ4v) is 2.96. The maximum absolute atomic E-state index is 5.86. The van der Waals surface area contributed by atoms with Crippen LogP contribution in [0.2, 0.25) is 0 Å². The zero-order valence-electron chi connectivity index (χ0n) is 17.0. The third-order valence-corrected chi connectivity index (χ3v) is 4.35. The second-order valence-corrected chi connectivity index (χ2v) is 6.31. The van der Waals surface area contributed by atoms with Crippen LogP contribution >= 0.6 is 24.0 Å². The first kappa shape index (κ1) is 22.9. The van der Waals surface area contributed by atoms with Crippen molar-refractivity contribution in [3.8, 4) is 11.5 Å². The molecule has 7 heteroatoms. The monoisotopic (exact) mass is 509 g/mol. The van der Waals surface area contributed by atoms with E-state index in [9.17, 15) is 0 Å². The zero-order chi connectivity index (χ0) is 19.8. The van der Waals surface area contributed by atoms with E-state index in [0.29, 0.717) is 18.0 Å². The average Bonchev–Trinajstić information content (AvgIpc) is 3.14. The van der Waals surface area contributed by atoms with Crippen LogP contribution in [-0.4, -0.2) is 33.3 Å². The lowest BCUT2D eigenvalue weighted by Crippen LogP contribution is -2.38. The number of aliphatic imine (C=N–C) groups is 1. The fourth-order valence-electron chi connectivity index (χ4n) is 2.96. The van der Waals surface area contributed by atoms with E-state index in [1.807, 2.05) is 43.3 Å². The Balaban J connectivity index is 0.00000300. The number of ether oxygens (including phenoxy) is 2. The van der Waals surface area contributed by atoms with Gasteiger partial charge in [0.15, 0.2) is 17.5 Å². The molecule has 0 atom stereocenters. The van der Waals surface area contributed by atoms with Crippen LogP contribution in [0.4, 0.5) is 0 Å². The minimum atomic E-state index is 0. The third kappa shape index (κ3) is 6.28. The summed E-state index contributed by atoms with van der Waals surface area (Å²) in [4.78, 5) is 4.66. The number of benzene rings is 2. The van der Waals surface area contributed by atoms with Gasteiger partial charge in [-0.1, -0.05) is 24.3 Å². The summed E-state index contributed by atoms with van der Waals surface area (Å²) in [5.41, 5.74) is 1.97. The molecule has 3 rings (SSSR count). The molecule has 2 aromatic carbocycles. The van der Waals surface area contributed by atoms with E-state index in [2.05, 4.69) is 27.8 Å². The molecule has 156 valence electrons. The molecule has 0 aliphatic carbocycles. The average molecular weight is 509 g/mol. The largest absolute Gasteiger partial charge is 0.493 e. The Labute approximate surface area is 188 Å². The Morgan fingerprint density at radius 3 is 2.52 bits per heavy atom. The molecule has 0 radical (unpaired) electrons. The van der Waals surface area contributed by atoms with Gasteiger partial charge >= 0.3 is 0 Å². The van der Waals surface area contributed by atoms with Crippen molar-refractivity contribution in [1.29, 1.82) is 0 Å². The van der Waals surface area contributed by atoms with E-state index in [0.717, 1.165) is 47.8 Å². The number of para-hydroxylation sites is 1. The van der Waals surface area contributed by atoms with E-state index in [1.165, 1.54) is 0 Å². The first-order chi connectivity index (χ1) is 13.7. The minimum Gasteiger partial charge on any atom is -0.493 e. The van der Waals surface area contributed by atoms with E-state index in [1.54, 1.807) is 14.2 Å². The molecule has 3 aromatic rings. The topological polar surface area (TPSA) is 68.0 Å². The van der Waals surface area contributed by atoms with Gasteiger partial charge in [-0.25, -0.2) is 4.99 Å². The zero-order valence-corrected chi connectivity index (χ0v) is 19.4. The molecule has 0 aliphatic heterocycles. The van der Waals surface area contributed by atoms with Crippen molar-refractivity contribution in [2.24, 2.45) is 4.99 Å². The van der Waals surface area contributed by atoms with Crippen LogP contribution in [-0.2, 0) is 13.0 Å². The second kappa shape index (κ2) is 11.5. The van der Waals surface area contributed by atoms with Gasteiger partial charge in [0.1, 0.15) is 11.3 Å². The Morgan fingerprint density at radius 1 is 1.00 bits per heavy atom. The van der Waals surface area contributed by atoms with Crippen LogP contribution in [0.1, 0.15) is 18.2 Å². The standard InChI is InChI=1S/C22H27N3O3.HI/c1-4-23-22(25-15-16-9-10-20(26-2)21(13-16)27-3)24-12-11-18-14-17-7-5-6-8-19(17)28-18;/h5-10,13-14H,4,11-12,15H2,1-3H3,(H2,23,24,25);1H. The number of guanidine groups is 1. The summed E-state index contributed by atoms with van der Waals surface area (Å²) < 4.78 is 16.5. The van der Waals surface area contributed by atoms with Crippen LogP contribution in [0.3, 0.4) is 0 Å². The molecule has 0 saturated carbocycles. The van der Waals surface area contributed by atoms with Crippen molar-refractivity contribution >= 4 is 40.9 Å². The lowest BCUT2D eigenvalue weighted by molar-refractivity contribution is 0.354. The smallest absolute Gasteiger partial charge is 0.191 e. The van der Waals surface area contributed by atoms with Crippen LogP contribution < -0.4 is 20.1 Å². The molecule has 0 fully saturated rings. The maximum Gasteiger partial charge on any atom is 0.191 e.